The molecule has 19 heavy (non-hydrogen) atoms. The number of urea groups is 1. The number of carbonyl (C=O) groups is 1. The molecular formula is C14H24N2O2Si. The van der Waals surface area contributed by atoms with Gasteiger partial charge in [0, 0.05) is 20.2 Å². The average Bonchev–Trinajstić information content (AvgIpc) is 2.42. The van der Waals surface area contributed by atoms with Crippen molar-refractivity contribution >= 4 is 14.3 Å². The van der Waals surface area contributed by atoms with Gasteiger partial charge in [0.2, 0.25) is 0 Å². The van der Waals surface area contributed by atoms with Crippen molar-refractivity contribution in [2.24, 2.45) is 0 Å². The van der Waals surface area contributed by atoms with E-state index in [2.05, 4.69) is 23.7 Å². The van der Waals surface area contributed by atoms with E-state index in [0.29, 0.717) is 13.1 Å². The monoisotopic (exact) mass is 280 g/mol. The highest BCUT2D eigenvalue weighted by molar-refractivity contribution is 6.71. The first-order valence-electron chi connectivity index (χ1n) is 6.64. The molecule has 0 heterocycles. The maximum atomic E-state index is 11.6. The molecule has 0 saturated heterocycles. The highest BCUT2D eigenvalue weighted by atomic mass is 28.4. The summed E-state index contributed by atoms with van der Waals surface area (Å²) in [6, 6.07) is 10.8. The van der Waals surface area contributed by atoms with Gasteiger partial charge < -0.3 is 15.1 Å². The van der Waals surface area contributed by atoms with Gasteiger partial charge >= 0.3 is 6.03 Å². The summed E-state index contributed by atoms with van der Waals surface area (Å²) in [4.78, 5) is 11.6. The number of amides is 2. The van der Waals surface area contributed by atoms with E-state index in [9.17, 15) is 4.79 Å². The predicted octanol–water partition coefficient (Wildman–Crippen LogP) is 2.73. The van der Waals surface area contributed by atoms with Crippen LogP contribution in [0.25, 0.3) is 0 Å². The molecule has 4 nitrogen and oxygen atoms in total. The molecule has 0 unspecified atom stereocenters. The smallest absolute Gasteiger partial charge is 0.315 e. The van der Waals surface area contributed by atoms with Gasteiger partial charge in [-0.25, -0.2) is 4.79 Å². The maximum absolute atomic E-state index is 11.6. The van der Waals surface area contributed by atoms with Crippen LogP contribution in [0.15, 0.2) is 30.3 Å². The Morgan fingerprint density at radius 1 is 1.21 bits per heavy atom. The van der Waals surface area contributed by atoms with Crippen molar-refractivity contribution in [3.8, 4) is 0 Å². The van der Waals surface area contributed by atoms with Gasteiger partial charge in [0.1, 0.15) is 0 Å². The predicted molar refractivity (Wildman–Crippen MR) is 80.6 cm³/mol. The zero-order chi connectivity index (χ0) is 14.1. The number of hydrogen-bond donors (Lipinski definition) is 2. The zero-order valence-electron chi connectivity index (χ0n) is 12.0. The number of hydrogen-bond acceptors (Lipinski definition) is 2. The molecule has 0 fully saturated rings. The largest absolute Gasteiger partial charge is 0.420 e. The van der Waals surface area contributed by atoms with Crippen LogP contribution in [-0.4, -0.2) is 28.0 Å². The Balaban J connectivity index is 2.12. The second-order valence-electron chi connectivity index (χ2n) is 5.16. The second-order valence-corrected chi connectivity index (χ2v) is 9.59. The van der Waals surface area contributed by atoms with Crippen LogP contribution in [0, 0.1) is 0 Å². The minimum atomic E-state index is -1.49. The minimum Gasteiger partial charge on any atom is -0.420 e. The maximum Gasteiger partial charge on any atom is 0.315 e. The molecule has 2 N–H and O–H groups in total. The van der Waals surface area contributed by atoms with E-state index in [-0.39, 0.29) is 6.03 Å². The van der Waals surface area contributed by atoms with Crippen molar-refractivity contribution in [2.45, 2.75) is 32.1 Å². The van der Waals surface area contributed by atoms with Crippen LogP contribution < -0.4 is 10.6 Å². The molecule has 0 aliphatic heterocycles. The topological polar surface area (TPSA) is 50.4 Å². The van der Waals surface area contributed by atoms with Crippen LogP contribution in [0.5, 0.6) is 0 Å². The van der Waals surface area contributed by atoms with E-state index in [1.54, 1.807) is 7.11 Å². The van der Waals surface area contributed by atoms with Crippen molar-refractivity contribution in [1.29, 1.82) is 0 Å². The van der Waals surface area contributed by atoms with E-state index < -0.39 is 8.32 Å². The Morgan fingerprint density at radius 3 is 2.53 bits per heavy atom. The Bertz CT molecular complexity index is 382. The number of rotatable bonds is 7. The summed E-state index contributed by atoms with van der Waals surface area (Å²) in [7, 11) is 0.278. The van der Waals surface area contributed by atoms with Crippen molar-refractivity contribution < 1.29 is 9.22 Å². The van der Waals surface area contributed by atoms with E-state index >= 15 is 0 Å². The Morgan fingerprint density at radius 2 is 1.89 bits per heavy atom. The first-order valence-corrected chi connectivity index (χ1v) is 9.76. The van der Waals surface area contributed by atoms with E-state index in [4.69, 9.17) is 4.43 Å². The molecular weight excluding hydrogens is 256 g/mol. The average molecular weight is 280 g/mol. The van der Waals surface area contributed by atoms with E-state index in [0.717, 1.165) is 18.0 Å². The summed E-state index contributed by atoms with van der Waals surface area (Å²) in [6.45, 7) is 5.62. The Hall–Kier alpha value is -1.33. The second kappa shape index (κ2) is 7.96. The molecule has 0 aromatic heterocycles. The van der Waals surface area contributed by atoms with E-state index in [1.165, 1.54) is 0 Å². The molecule has 0 saturated carbocycles. The lowest BCUT2D eigenvalue weighted by Crippen LogP contribution is -2.36. The van der Waals surface area contributed by atoms with Gasteiger partial charge in [-0.3, -0.25) is 0 Å². The van der Waals surface area contributed by atoms with Crippen molar-refractivity contribution in [1.82, 2.24) is 10.6 Å². The van der Waals surface area contributed by atoms with E-state index in [1.807, 2.05) is 30.3 Å². The summed E-state index contributed by atoms with van der Waals surface area (Å²) in [5.74, 6) is 0. The van der Waals surface area contributed by atoms with Crippen molar-refractivity contribution in [3.05, 3.63) is 35.9 Å². The van der Waals surface area contributed by atoms with Crippen molar-refractivity contribution in [3.63, 3.8) is 0 Å². The number of carbonyl (C=O) groups excluding carboxylic acids is 1. The lowest BCUT2D eigenvalue weighted by molar-refractivity contribution is 0.240. The third kappa shape index (κ3) is 6.98. The molecule has 2 amide bonds. The molecule has 0 spiro atoms. The SMILES string of the molecule is CO[Si](C)(C)CCCNC(=O)NCc1ccccc1. The normalized spacial score (nSPS) is 11.1. The highest BCUT2D eigenvalue weighted by Gasteiger charge is 2.19. The van der Waals surface area contributed by atoms with Crippen LogP contribution in [-0.2, 0) is 11.0 Å². The fraction of sp³-hybridized carbons (Fsp3) is 0.500. The van der Waals surface area contributed by atoms with Gasteiger partial charge in [-0.1, -0.05) is 30.3 Å². The standard InChI is InChI=1S/C14H24N2O2Si/c1-18-19(2,3)11-7-10-15-14(17)16-12-13-8-5-4-6-9-13/h4-6,8-9H,7,10-12H2,1-3H3,(H2,15,16,17). The fourth-order valence-corrected chi connectivity index (χ4v) is 2.89. The van der Waals surface area contributed by atoms with Crippen LogP contribution in [0.4, 0.5) is 4.79 Å². The molecule has 1 rings (SSSR count). The molecule has 0 atom stereocenters. The van der Waals surface area contributed by atoms with Crippen molar-refractivity contribution in [2.75, 3.05) is 13.7 Å². The summed E-state index contributed by atoms with van der Waals surface area (Å²) < 4.78 is 5.46. The summed E-state index contributed by atoms with van der Waals surface area (Å²) >= 11 is 0. The molecule has 0 aliphatic carbocycles. The Labute approximate surface area is 116 Å². The Kier molecular flexibility index (Phi) is 6.59. The third-order valence-electron chi connectivity index (χ3n) is 3.09. The molecule has 1 aromatic rings. The first-order chi connectivity index (χ1) is 9.03. The molecule has 106 valence electrons. The quantitative estimate of drug-likeness (QED) is 0.596. The van der Waals surface area contributed by atoms with Gasteiger partial charge in [0.25, 0.3) is 0 Å². The number of benzene rings is 1. The zero-order valence-corrected chi connectivity index (χ0v) is 13.0. The van der Waals surface area contributed by atoms with Gasteiger partial charge in [0.15, 0.2) is 8.32 Å². The van der Waals surface area contributed by atoms with Crippen LogP contribution >= 0.6 is 0 Å². The molecule has 1 aromatic carbocycles. The van der Waals surface area contributed by atoms with Crippen LogP contribution in [0.3, 0.4) is 0 Å². The lowest BCUT2D eigenvalue weighted by atomic mass is 10.2. The number of nitrogens with one attached hydrogen (secondary N) is 2. The summed E-state index contributed by atoms with van der Waals surface area (Å²) in [5, 5.41) is 5.71. The van der Waals surface area contributed by atoms with Gasteiger partial charge in [-0.15, -0.1) is 0 Å². The third-order valence-corrected chi connectivity index (χ3v) is 5.75. The molecule has 5 heteroatoms. The minimum absolute atomic E-state index is 0.110. The molecule has 0 bridgehead atoms. The molecule has 0 radical (unpaired) electrons. The highest BCUT2D eigenvalue weighted by Crippen LogP contribution is 2.11. The summed E-state index contributed by atoms with van der Waals surface area (Å²) in [6.07, 6.45) is 0.964. The van der Waals surface area contributed by atoms with Crippen LogP contribution in [0.1, 0.15) is 12.0 Å². The fourth-order valence-electron chi connectivity index (χ4n) is 1.66. The van der Waals surface area contributed by atoms with Crippen LogP contribution in [0.2, 0.25) is 19.1 Å². The lowest BCUT2D eigenvalue weighted by Gasteiger charge is -2.19. The summed E-state index contributed by atoms with van der Waals surface area (Å²) in [5.41, 5.74) is 1.10. The van der Waals surface area contributed by atoms with Gasteiger partial charge in [0.05, 0.1) is 0 Å². The van der Waals surface area contributed by atoms with Gasteiger partial charge in [-0.2, -0.15) is 0 Å². The molecule has 0 aliphatic rings. The first kappa shape index (κ1) is 15.7. The van der Waals surface area contributed by atoms with Gasteiger partial charge in [-0.05, 0) is 31.1 Å².